The fraction of sp³-hybridized carbons (Fsp3) is 0.167. The lowest BCUT2D eigenvalue weighted by Crippen LogP contribution is -1.90. The van der Waals surface area contributed by atoms with Crippen LogP contribution < -0.4 is 9.47 Å². The molecule has 0 atom stereocenters. The second kappa shape index (κ2) is 5.94. The summed E-state index contributed by atoms with van der Waals surface area (Å²) in [5.74, 6) is 2.73. The number of fused-ring (bicyclic) bond motifs is 1. The van der Waals surface area contributed by atoms with Gasteiger partial charge in [-0.05, 0) is 30.3 Å². The molecule has 0 fully saturated rings. The summed E-state index contributed by atoms with van der Waals surface area (Å²) in [5.41, 5.74) is 2.97. The van der Waals surface area contributed by atoms with E-state index in [9.17, 15) is 0 Å². The number of methoxy groups -OCH3 is 2. The van der Waals surface area contributed by atoms with Gasteiger partial charge in [0.1, 0.15) is 17.0 Å². The lowest BCUT2D eigenvalue weighted by molar-refractivity contribution is 0.391. The maximum atomic E-state index is 5.48. The molecular formula is C18H15N3O4. The molecule has 4 rings (SSSR count). The summed E-state index contributed by atoms with van der Waals surface area (Å²) in [6, 6.07) is 11.0. The first-order valence-electron chi connectivity index (χ1n) is 7.61. The summed E-state index contributed by atoms with van der Waals surface area (Å²) >= 11 is 0. The van der Waals surface area contributed by atoms with Crippen LogP contribution in [-0.4, -0.2) is 29.3 Å². The maximum absolute atomic E-state index is 5.48. The summed E-state index contributed by atoms with van der Waals surface area (Å²) in [6.07, 6.45) is 0. The molecule has 0 saturated carbocycles. The Balaban J connectivity index is 1.74. The Kier molecular flexibility index (Phi) is 3.61. The molecule has 0 saturated heterocycles. The van der Waals surface area contributed by atoms with Gasteiger partial charge in [-0.15, -0.1) is 0 Å². The summed E-state index contributed by atoms with van der Waals surface area (Å²) < 4.78 is 21.5. The minimum atomic E-state index is 0.367. The Morgan fingerprint density at radius 2 is 1.84 bits per heavy atom. The first kappa shape index (κ1) is 15.2. The highest BCUT2D eigenvalue weighted by Gasteiger charge is 2.16. The summed E-state index contributed by atoms with van der Waals surface area (Å²) in [4.78, 5) is 8.80. The van der Waals surface area contributed by atoms with Crippen LogP contribution in [0.3, 0.4) is 0 Å². The fourth-order valence-electron chi connectivity index (χ4n) is 2.61. The van der Waals surface area contributed by atoms with Crippen LogP contribution in [0, 0.1) is 6.92 Å². The van der Waals surface area contributed by atoms with Crippen LogP contribution in [0.1, 0.15) is 5.89 Å². The summed E-state index contributed by atoms with van der Waals surface area (Å²) in [7, 11) is 3.18. The van der Waals surface area contributed by atoms with Crippen molar-refractivity contribution in [3.63, 3.8) is 0 Å². The number of benzene rings is 2. The number of hydrogen-bond acceptors (Lipinski definition) is 7. The number of oxazole rings is 1. The molecule has 0 N–H and O–H groups in total. The van der Waals surface area contributed by atoms with E-state index in [1.807, 2.05) is 37.3 Å². The molecule has 25 heavy (non-hydrogen) atoms. The molecular weight excluding hydrogens is 322 g/mol. The molecule has 4 aromatic rings. The standard InChI is InChI=1S/C18H15N3O4/c1-10-19-14-8-11(4-7-15(14)24-10)17-20-18(25-21-17)13-6-5-12(22-2)9-16(13)23-3/h4-9H,1-3H3. The van der Waals surface area contributed by atoms with Crippen molar-refractivity contribution in [2.24, 2.45) is 0 Å². The van der Waals surface area contributed by atoms with E-state index >= 15 is 0 Å². The van der Waals surface area contributed by atoms with Crippen molar-refractivity contribution in [1.29, 1.82) is 0 Å². The van der Waals surface area contributed by atoms with Crippen molar-refractivity contribution in [1.82, 2.24) is 15.1 Å². The Labute approximate surface area is 143 Å². The number of aryl methyl sites for hydroxylation is 1. The van der Waals surface area contributed by atoms with Crippen molar-refractivity contribution >= 4 is 11.1 Å². The highest BCUT2D eigenvalue weighted by Crippen LogP contribution is 2.33. The van der Waals surface area contributed by atoms with Gasteiger partial charge in [0.25, 0.3) is 5.89 Å². The van der Waals surface area contributed by atoms with Crippen LogP contribution in [0.2, 0.25) is 0 Å². The highest BCUT2D eigenvalue weighted by molar-refractivity contribution is 5.79. The van der Waals surface area contributed by atoms with Gasteiger partial charge in [-0.3, -0.25) is 0 Å². The predicted molar refractivity (Wildman–Crippen MR) is 90.6 cm³/mol. The average molecular weight is 337 g/mol. The molecule has 0 aliphatic rings. The van der Waals surface area contributed by atoms with Crippen molar-refractivity contribution in [2.45, 2.75) is 6.92 Å². The van der Waals surface area contributed by atoms with Crippen molar-refractivity contribution in [3.8, 4) is 34.3 Å². The van der Waals surface area contributed by atoms with E-state index in [0.717, 1.165) is 16.7 Å². The third-order valence-electron chi connectivity index (χ3n) is 3.82. The van der Waals surface area contributed by atoms with Crippen LogP contribution in [0.4, 0.5) is 0 Å². The topological polar surface area (TPSA) is 83.4 Å². The maximum Gasteiger partial charge on any atom is 0.262 e. The SMILES string of the molecule is COc1ccc(-c2nc(-c3ccc4oc(C)nc4c3)no2)c(OC)c1. The fourth-order valence-corrected chi connectivity index (χ4v) is 2.61. The Morgan fingerprint density at radius 1 is 0.960 bits per heavy atom. The van der Waals surface area contributed by atoms with Gasteiger partial charge in [-0.1, -0.05) is 5.16 Å². The quantitative estimate of drug-likeness (QED) is 0.559. The molecule has 7 nitrogen and oxygen atoms in total. The first-order chi connectivity index (χ1) is 12.2. The Bertz CT molecular complexity index is 1050. The molecule has 0 radical (unpaired) electrons. The van der Waals surface area contributed by atoms with Gasteiger partial charge in [0.2, 0.25) is 5.82 Å². The van der Waals surface area contributed by atoms with Gasteiger partial charge in [0.05, 0.1) is 19.8 Å². The van der Waals surface area contributed by atoms with E-state index in [0.29, 0.717) is 34.7 Å². The average Bonchev–Trinajstić information content (AvgIpc) is 3.26. The van der Waals surface area contributed by atoms with E-state index in [1.54, 1.807) is 20.3 Å². The number of ether oxygens (including phenoxy) is 2. The second-order valence-electron chi connectivity index (χ2n) is 5.40. The third-order valence-corrected chi connectivity index (χ3v) is 3.82. The van der Waals surface area contributed by atoms with E-state index in [1.165, 1.54) is 0 Å². The molecule has 0 spiro atoms. The zero-order chi connectivity index (χ0) is 17.4. The largest absolute Gasteiger partial charge is 0.497 e. The third kappa shape index (κ3) is 2.69. The van der Waals surface area contributed by atoms with E-state index < -0.39 is 0 Å². The Hall–Kier alpha value is -3.35. The molecule has 0 amide bonds. The van der Waals surface area contributed by atoms with Gasteiger partial charge in [-0.2, -0.15) is 4.98 Å². The van der Waals surface area contributed by atoms with E-state index in [2.05, 4.69) is 15.1 Å². The molecule has 126 valence electrons. The van der Waals surface area contributed by atoms with Crippen molar-refractivity contribution in [3.05, 3.63) is 42.3 Å². The van der Waals surface area contributed by atoms with Gasteiger partial charge in [0, 0.05) is 18.6 Å². The zero-order valence-electron chi connectivity index (χ0n) is 13.9. The highest BCUT2D eigenvalue weighted by atomic mass is 16.5. The van der Waals surface area contributed by atoms with Gasteiger partial charge in [-0.25, -0.2) is 4.98 Å². The van der Waals surface area contributed by atoms with Crippen LogP contribution in [-0.2, 0) is 0 Å². The summed E-state index contributed by atoms with van der Waals surface area (Å²) in [6.45, 7) is 1.81. The molecule has 7 heteroatoms. The smallest absolute Gasteiger partial charge is 0.262 e. The van der Waals surface area contributed by atoms with Crippen LogP contribution in [0.25, 0.3) is 33.9 Å². The summed E-state index contributed by atoms with van der Waals surface area (Å²) in [5, 5.41) is 4.06. The second-order valence-corrected chi connectivity index (χ2v) is 5.40. The lowest BCUT2D eigenvalue weighted by Gasteiger charge is -2.06. The normalized spacial score (nSPS) is 11.0. The predicted octanol–water partition coefficient (Wildman–Crippen LogP) is 3.87. The minimum Gasteiger partial charge on any atom is -0.497 e. The number of rotatable bonds is 4. The molecule has 2 aromatic heterocycles. The minimum absolute atomic E-state index is 0.367. The molecule has 0 unspecified atom stereocenters. The van der Waals surface area contributed by atoms with E-state index in [-0.39, 0.29) is 0 Å². The first-order valence-corrected chi connectivity index (χ1v) is 7.61. The van der Waals surface area contributed by atoms with Gasteiger partial charge < -0.3 is 18.4 Å². The van der Waals surface area contributed by atoms with Crippen molar-refractivity contribution < 1.29 is 18.4 Å². The molecule has 0 aliphatic carbocycles. The molecule has 2 heterocycles. The number of hydrogen-bond donors (Lipinski definition) is 0. The molecule has 0 aliphatic heterocycles. The Morgan fingerprint density at radius 3 is 2.64 bits per heavy atom. The lowest BCUT2D eigenvalue weighted by atomic mass is 10.1. The number of nitrogens with zero attached hydrogens (tertiary/aromatic N) is 3. The molecule has 0 bridgehead atoms. The van der Waals surface area contributed by atoms with E-state index in [4.69, 9.17) is 18.4 Å². The van der Waals surface area contributed by atoms with Gasteiger partial charge >= 0.3 is 0 Å². The van der Waals surface area contributed by atoms with Crippen LogP contribution in [0.5, 0.6) is 11.5 Å². The van der Waals surface area contributed by atoms with Crippen LogP contribution in [0.15, 0.2) is 45.3 Å². The zero-order valence-corrected chi connectivity index (χ0v) is 13.9. The number of aromatic nitrogens is 3. The van der Waals surface area contributed by atoms with Crippen molar-refractivity contribution in [2.75, 3.05) is 14.2 Å². The molecule has 2 aromatic carbocycles. The van der Waals surface area contributed by atoms with Gasteiger partial charge in [0.15, 0.2) is 11.5 Å². The van der Waals surface area contributed by atoms with Crippen LogP contribution >= 0.6 is 0 Å². The monoisotopic (exact) mass is 337 g/mol.